The van der Waals surface area contributed by atoms with Crippen LogP contribution in [0.5, 0.6) is 0 Å². The number of esters is 2. The van der Waals surface area contributed by atoms with Crippen LogP contribution in [0.15, 0.2) is 0 Å². The van der Waals surface area contributed by atoms with Crippen LogP contribution in [0.25, 0.3) is 0 Å². The molecule has 0 amide bonds. The summed E-state index contributed by atoms with van der Waals surface area (Å²) in [6.45, 7) is 6.46. The van der Waals surface area contributed by atoms with Crippen LogP contribution in [-0.4, -0.2) is 23.7 Å². The molecule has 0 aliphatic heterocycles. The van der Waals surface area contributed by atoms with Gasteiger partial charge < -0.3 is 4.74 Å². The molecule has 0 aliphatic carbocycles. The van der Waals surface area contributed by atoms with E-state index >= 15 is 0 Å². The van der Waals surface area contributed by atoms with Crippen molar-refractivity contribution in [3.63, 3.8) is 0 Å². The molecule has 0 radical (unpaired) electrons. The SMILES string of the molecule is CC(C)(CCl)C(=O)OC(=O)C(C)(C)CCl. The number of hydrogen-bond donors (Lipinski definition) is 0. The van der Waals surface area contributed by atoms with E-state index in [1.54, 1.807) is 27.7 Å². The van der Waals surface area contributed by atoms with Gasteiger partial charge in [-0.1, -0.05) is 0 Å². The molecule has 0 aromatic rings. The maximum atomic E-state index is 11.5. The molecule has 3 nitrogen and oxygen atoms in total. The zero-order chi connectivity index (χ0) is 12.3. The van der Waals surface area contributed by atoms with Crippen LogP contribution in [0.2, 0.25) is 0 Å². The standard InChI is InChI=1S/C10H16Cl2O3/c1-9(2,5-11)7(13)15-8(14)10(3,4)6-12/h5-6H2,1-4H3. The smallest absolute Gasteiger partial charge is 0.320 e. The highest BCUT2D eigenvalue weighted by Crippen LogP contribution is 2.24. The number of carbonyl (C=O) groups excluding carboxylic acids is 2. The first-order valence-electron chi connectivity index (χ1n) is 4.56. The van der Waals surface area contributed by atoms with Crippen molar-refractivity contribution in [3.8, 4) is 0 Å². The summed E-state index contributed by atoms with van der Waals surface area (Å²) >= 11 is 11.2. The van der Waals surface area contributed by atoms with Gasteiger partial charge in [0.05, 0.1) is 10.8 Å². The van der Waals surface area contributed by atoms with Crippen molar-refractivity contribution >= 4 is 35.1 Å². The van der Waals surface area contributed by atoms with Gasteiger partial charge in [-0.05, 0) is 27.7 Å². The molecule has 0 N–H and O–H groups in total. The monoisotopic (exact) mass is 254 g/mol. The Balaban J connectivity index is 4.51. The number of ether oxygens (including phenoxy) is 1. The van der Waals surface area contributed by atoms with Gasteiger partial charge in [0.2, 0.25) is 0 Å². The van der Waals surface area contributed by atoms with E-state index in [0.717, 1.165) is 0 Å². The summed E-state index contributed by atoms with van der Waals surface area (Å²) in [5.74, 6) is -1.05. The minimum absolute atomic E-state index is 0.0976. The van der Waals surface area contributed by atoms with Gasteiger partial charge in [-0.15, -0.1) is 23.2 Å². The highest BCUT2D eigenvalue weighted by atomic mass is 35.5. The second-order valence-electron chi connectivity index (χ2n) is 4.71. The lowest BCUT2D eigenvalue weighted by molar-refractivity contribution is -0.170. The fraction of sp³-hybridized carbons (Fsp3) is 0.800. The quantitative estimate of drug-likeness (QED) is 0.440. The first kappa shape index (κ1) is 14.7. The summed E-state index contributed by atoms with van der Waals surface area (Å²) in [7, 11) is 0. The van der Waals surface area contributed by atoms with Gasteiger partial charge in [0, 0.05) is 11.8 Å². The van der Waals surface area contributed by atoms with Crippen LogP contribution in [0.1, 0.15) is 27.7 Å². The molecule has 88 valence electrons. The van der Waals surface area contributed by atoms with Gasteiger partial charge in [-0.25, -0.2) is 0 Å². The second-order valence-corrected chi connectivity index (χ2v) is 5.25. The van der Waals surface area contributed by atoms with Crippen molar-refractivity contribution < 1.29 is 14.3 Å². The molecular formula is C10H16Cl2O3. The van der Waals surface area contributed by atoms with Crippen LogP contribution in [0, 0.1) is 10.8 Å². The zero-order valence-electron chi connectivity index (χ0n) is 9.39. The van der Waals surface area contributed by atoms with Crippen LogP contribution in [0.4, 0.5) is 0 Å². The predicted octanol–water partition coefficient (Wildman–Crippen LogP) is 2.59. The maximum absolute atomic E-state index is 11.5. The molecule has 0 saturated heterocycles. The summed E-state index contributed by atoms with van der Waals surface area (Å²) in [5, 5.41) is 0. The number of carbonyl (C=O) groups is 2. The van der Waals surface area contributed by atoms with Crippen molar-refractivity contribution in [2.45, 2.75) is 27.7 Å². The lowest BCUT2D eigenvalue weighted by Gasteiger charge is -2.23. The largest absolute Gasteiger partial charge is 0.392 e. The van der Waals surface area contributed by atoms with Crippen molar-refractivity contribution in [1.82, 2.24) is 0 Å². The average molecular weight is 255 g/mol. The normalized spacial score (nSPS) is 12.4. The molecule has 0 rings (SSSR count). The lowest BCUT2D eigenvalue weighted by Crippen LogP contribution is -2.36. The van der Waals surface area contributed by atoms with Gasteiger partial charge in [-0.3, -0.25) is 9.59 Å². The molecule has 0 fully saturated rings. The highest BCUT2D eigenvalue weighted by Gasteiger charge is 2.35. The topological polar surface area (TPSA) is 43.4 Å². The highest BCUT2D eigenvalue weighted by molar-refractivity contribution is 6.20. The molecule has 0 heterocycles. The van der Waals surface area contributed by atoms with E-state index < -0.39 is 22.8 Å². The Labute approximate surface area is 100 Å². The number of rotatable bonds is 4. The van der Waals surface area contributed by atoms with Crippen LogP contribution in [-0.2, 0) is 14.3 Å². The Hall–Kier alpha value is -0.280. The van der Waals surface area contributed by atoms with Gasteiger partial charge in [0.25, 0.3) is 0 Å². The number of alkyl halides is 2. The summed E-state index contributed by atoms with van der Waals surface area (Å²) < 4.78 is 4.72. The van der Waals surface area contributed by atoms with Crippen LogP contribution in [0.3, 0.4) is 0 Å². The second kappa shape index (κ2) is 5.17. The van der Waals surface area contributed by atoms with E-state index in [1.807, 2.05) is 0 Å². The predicted molar refractivity (Wildman–Crippen MR) is 60.1 cm³/mol. The first-order chi connectivity index (χ1) is 6.67. The van der Waals surface area contributed by atoms with Crippen molar-refractivity contribution in [3.05, 3.63) is 0 Å². The molecule has 0 saturated carbocycles. The lowest BCUT2D eigenvalue weighted by atomic mass is 9.95. The minimum atomic E-state index is -0.861. The Morgan fingerprint density at radius 1 is 0.933 bits per heavy atom. The summed E-state index contributed by atoms with van der Waals surface area (Å²) in [5.41, 5.74) is -1.72. The Kier molecular flexibility index (Phi) is 5.07. The first-order valence-corrected chi connectivity index (χ1v) is 5.63. The van der Waals surface area contributed by atoms with E-state index in [9.17, 15) is 9.59 Å². The molecule has 0 aliphatic rings. The fourth-order valence-electron chi connectivity index (χ4n) is 0.470. The van der Waals surface area contributed by atoms with E-state index in [4.69, 9.17) is 27.9 Å². The molecule has 0 unspecified atom stereocenters. The van der Waals surface area contributed by atoms with Gasteiger partial charge >= 0.3 is 11.9 Å². The minimum Gasteiger partial charge on any atom is -0.392 e. The van der Waals surface area contributed by atoms with Crippen molar-refractivity contribution in [2.75, 3.05) is 11.8 Å². The Morgan fingerprint density at radius 2 is 1.20 bits per heavy atom. The fourth-order valence-corrected chi connectivity index (χ4v) is 0.688. The molecular weight excluding hydrogens is 239 g/mol. The third kappa shape index (κ3) is 3.99. The summed E-state index contributed by atoms with van der Waals surface area (Å²) in [6.07, 6.45) is 0. The van der Waals surface area contributed by atoms with E-state index in [-0.39, 0.29) is 11.8 Å². The third-order valence-corrected chi connectivity index (χ3v) is 3.30. The molecule has 0 atom stereocenters. The van der Waals surface area contributed by atoms with Crippen molar-refractivity contribution in [1.29, 1.82) is 0 Å². The summed E-state index contributed by atoms with van der Waals surface area (Å²) in [4.78, 5) is 23.0. The molecule has 0 aromatic carbocycles. The van der Waals surface area contributed by atoms with Crippen LogP contribution >= 0.6 is 23.2 Å². The Morgan fingerprint density at radius 3 is 1.40 bits per heavy atom. The van der Waals surface area contributed by atoms with Crippen molar-refractivity contribution in [2.24, 2.45) is 10.8 Å². The molecule has 15 heavy (non-hydrogen) atoms. The molecule has 0 aromatic heterocycles. The van der Waals surface area contributed by atoms with E-state index in [1.165, 1.54) is 0 Å². The van der Waals surface area contributed by atoms with Crippen LogP contribution < -0.4 is 0 Å². The average Bonchev–Trinajstić information content (AvgIpc) is 2.17. The van der Waals surface area contributed by atoms with Gasteiger partial charge in [-0.2, -0.15) is 0 Å². The van der Waals surface area contributed by atoms with Gasteiger partial charge in [0.15, 0.2) is 0 Å². The molecule has 5 heteroatoms. The number of hydrogen-bond acceptors (Lipinski definition) is 3. The zero-order valence-corrected chi connectivity index (χ0v) is 10.9. The summed E-state index contributed by atoms with van der Waals surface area (Å²) in [6, 6.07) is 0. The third-order valence-electron chi connectivity index (χ3n) is 1.96. The number of halogens is 2. The maximum Gasteiger partial charge on any atom is 0.320 e. The Bertz CT molecular complexity index is 233. The van der Waals surface area contributed by atoms with E-state index in [2.05, 4.69) is 0 Å². The van der Waals surface area contributed by atoms with E-state index in [0.29, 0.717) is 0 Å². The van der Waals surface area contributed by atoms with Gasteiger partial charge in [0.1, 0.15) is 0 Å². The molecule has 0 spiro atoms. The molecule has 0 bridgehead atoms.